The third-order valence-electron chi connectivity index (χ3n) is 5.88. The number of fused-ring (bicyclic) bond motifs is 1. The van der Waals surface area contributed by atoms with Crippen molar-refractivity contribution in [3.8, 4) is 11.4 Å². The Bertz CT molecular complexity index is 813. The number of H-pyrrole nitrogens is 1. The number of para-hydroxylation sites is 2. The van der Waals surface area contributed by atoms with Gasteiger partial charge in [0.2, 0.25) is 0 Å². The highest BCUT2D eigenvalue weighted by Gasteiger charge is 2.38. The van der Waals surface area contributed by atoms with E-state index in [4.69, 9.17) is 4.98 Å². The Labute approximate surface area is 171 Å². The molecule has 0 aliphatic carbocycles. The first-order valence-corrected chi connectivity index (χ1v) is 13.5. The zero-order valence-corrected chi connectivity index (χ0v) is 18.8. The van der Waals surface area contributed by atoms with E-state index in [1.54, 1.807) is 5.30 Å². The monoisotopic (exact) mass is 395 g/mol. The summed E-state index contributed by atoms with van der Waals surface area (Å²) in [6.45, 7) is 7.00. The fourth-order valence-electron chi connectivity index (χ4n) is 4.14. The number of nitrogens with zero attached hydrogens (tertiary/aromatic N) is 1. The van der Waals surface area contributed by atoms with Crippen LogP contribution in [0.15, 0.2) is 48.5 Å². The van der Waals surface area contributed by atoms with Gasteiger partial charge in [-0.2, -0.15) is 0 Å². The van der Waals surface area contributed by atoms with E-state index >= 15 is 0 Å². The van der Waals surface area contributed by atoms with Gasteiger partial charge < -0.3 is 4.98 Å². The van der Waals surface area contributed by atoms with Crippen molar-refractivity contribution >= 4 is 23.6 Å². The second-order valence-corrected chi connectivity index (χ2v) is 12.2. The van der Waals surface area contributed by atoms with Gasteiger partial charge in [0.1, 0.15) is 5.82 Å². The van der Waals surface area contributed by atoms with Gasteiger partial charge in [-0.05, 0) is 43.5 Å². The molecule has 0 spiro atoms. The molecule has 0 saturated carbocycles. The van der Waals surface area contributed by atoms with Crippen LogP contribution in [-0.4, -0.2) is 28.5 Å². The summed E-state index contributed by atoms with van der Waals surface area (Å²) in [6.07, 6.45) is 12.2. The fraction of sp³-hybridized carbons (Fsp3) is 0.480. The number of benzene rings is 2. The molecule has 2 aromatic carbocycles. The summed E-state index contributed by atoms with van der Waals surface area (Å²) in [6, 6.07) is 17.7. The third kappa shape index (κ3) is 4.84. The van der Waals surface area contributed by atoms with Gasteiger partial charge in [-0.3, -0.25) is 0 Å². The highest BCUT2D eigenvalue weighted by atomic mass is 31.2. The van der Waals surface area contributed by atoms with Gasteiger partial charge in [0.15, 0.2) is 0 Å². The van der Waals surface area contributed by atoms with Crippen molar-refractivity contribution in [1.29, 1.82) is 0 Å². The lowest BCUT2D eigenvalue weighted by Gasteiger charge is -2.28. The lowest BCUT2D eigenvalue weighted by molar-refractivity contribution is 0.841. The summed E-state index contributed by atoms with van der Waals surface area (Å²) in [7, 11) is -1.12. The zero-order chi connectivity index (χ0) is 19.8. The number of hydrogen-bond acceptors (Lipinski definition) is 1. The topological polar surface area (TPSA) is 28.7 Å². The first kappa shape index (κ1) is 21.1. The van der Waals surface area contributed by atoms with Gasteiger partial charge >= 0.3 is 0 Å². The van der Waals surface area contributed by atoms with Crippen molar-refractivity contribution in [1.82, 2.24) is 9.97 Å². The number of rotatable bonds is 11. The van der Waals surface area contributed by atoms with Crippen molar-refractivity contribution in [2.24, 2.45) is 0 Å². The van der Waals surface area contributed by atoms with Crippen molar-refractivity contribution in [3.05, 3.63) is 48.5 Å². The second-order valence-electron chi connectivity index (χ2n) is 8.03. The van der Waals surface area contributed by atoms with E-state index in [0.717, 1.165) is 16.9 Å². The highest BCUT2D eigenvalue weighted by Crippen LogP contribution is 2.59. The van der Waals surface area contributed by atoms with Gasteiger partial charge in [-0.25, -0.2) is 4.98 Å². The molecule has 1 aromatic heterocycles. The van der Waals surface area contributed by atoms with Crippen LogP contribution in [0.1, 0.15) is 59.3 Å². The van der Waals surface area contributed by atoms with Gasteiger partial charge in [-0.15, -0.1) is 0 Å². The molecule has 28 heavy (non-hydrogen) atoms. The lowest BCUT2D eigenvalue weighted by atomic mass is 10.2. The number of hydrogen-bond donors (Lipinski definition) is 1. The van der Waals surface area contributed by atoms with Crippen LogP contribution < -0.4 is 5.30 Å². The molecule has 0 unspecified atom stereocenters. The first-order chi connectivity index (χ1) is 13.7. The lowest BCUT2D eigenvalue weighted by Crippen LogP contribution is -2.21. The molecule has 150 valence electrons. The maximum Gasteiger partial charge on any atom is 0.138 e. The van der Waals surface area contributed by atoms with Crippen molar-refractivity contribution < 1.29 is 0 Å². The minimum absolute atomic E-state index is 1.00. The van der Waals surface area contributed by atoms with Crippen LogP contribution in [0.3, 0.4) is 0 Å². The number of unbranched alkanes of at least 4 members (excludes halogenated alkanes) is 3. The zero-order valence-electron chi connectivity index (χ0n) is 17.9. The second kappa shape index (κ2) is 10.2. The molecule has 1 N–H and O–H groups in total. The van der Waals surface area contributed by atoms with Crippen LogP contribution >= 0.6 is 7.26 Å². The van der Waals surface area contributed by atoms with Crippen molar-refractivity contribution in [2.45, 2.75) is 59.3 Å². The van der Waals surface area contributed by atoms with E-state index in [9.17, 15) is 0 Å². The normalized spacial score (nSPS) is 12.0. The van der Waals surface area contributed by atoms with Crippen LogP contribution in [0.4, 0.5) is 0 Å². The molecule has 1 heterocycles. The predicted octanol–water partition coefficient (Wildman–Crippen LogP) is 7.27. The van der Waals surface area contributed by atoms with Gasteiger partial charge in [0, 0.05) is 12.8 Å². The number of nitrogens with one attached hydrogen (secondary N) is 1. The molecule has 0 aliphatic rings. The van der Waals surface area contributed by atoms with Crippen molar-refractivity contribution in [2.75, 3.05) is 18.5 Å². The van der Waals surface area contributed by atoms with E-state index in [0.29, 0.717) is 0 Å². The Morgan fingerprint density at radius 3 is 2.04 bits per heavy atom. The predicted molar refractivity (Wildman–Crippen MR) is 127 cm³/mol. The van der Waals surface area contributed by atoms with Gasteiger partial charge in [0.05, 0.1) is 34.8 Å². The summed E-state index contributed by atoms with van der Waals surface area (Å²) in [5.74, 6) is 1.00. The Morgan fingerprint density at radius 2 is 1.43 bits per heavy atom. The number of aromatic nitrogens is 2. The molecule has 2 nitrogen and oxygen atoms in total. The minimum Gasteiger partial charge on any atom is -0.338 e. The minimum atomic E-state index is -1.12. The molecular formula is C25H36N2P+. The number of imidazole rings is 1. The van der Waals surface area contributed by atoms with Crippen LogP contribution in [0.5, 0.6) is 0 Å². The maximum absolute atomic E-state index is 4.85. The molecule has 0 atom stereocenters. The Hall–Kier alpha value is -1.66. The van der Waals surface area contributed by atoms with E-state index in [1.807, 2.05) is 0 Å². The van der Waals surface area contributed by atoms with E-state index < -0.39 is 7.26 Å². The maximum atomic E-state index is 4.85. The van der Waals surface area contributed by atoms with Crippen LogP contribution in [-0.2, 0) is 0 Å². The molecule has 0 bridgehead atoms. The summed E-state index contributed by atoms with van der Waals surface area (Å²) < 4.78 is 0. The van der Waals surface area contributed by atoms with Gasteiger partial charge in [-0.1, -0.05) is 64.3 Å². The molecule has 0 saturated heterocycles. The summed E-state index contributed by atoms with van der Waals surface area (Å²) in [5, 5.41) is 1.63. The molecule has 0 amide bonds. The Balaban J connectivity index is 2.00. The largest absolute Gasteiger partial charge is 0.338 e. The van der Waals surface area contributed by atoms with E-state index in [2.05, 4.69) is 74.3 Å². The Morgan fingerprint density at radius 1 is 0.786 bits per heavy atom. The molecule has 3 aromatic rings. The van der Waals surface area contributed by atoms with Crippen molar-refractivity contribution in [3.63, 3.8) is 0 Å². The number of aromatic amines is 1. The average Bonchev–Trinajstić information content (AvgIpc) is 3.18. The Kier molecular flexibility index (Phi) is 7.68. The van der Waals surface area contributed by atoms with E-state index in [1.165, 1.54) is 62.6 Å². The molecule has 0 aliphatic heterocycles. The van der Waals surface area contributed by atoms with E-state index in [-0.39, 0.29) is 0 Å². The molecule has 3 heteroatoms. The first-order valence-electron chi connectivity index (χ1n) is 11.1. The van der Waals surface area contributed by atoms with Gasteiger partial charge in [0.25, 0.3) is 0 Å². The molecule has 3 rings (SSSR count). The standard InChI is InChI=1S/C25H36N2P/c1-4-7-17-28(18-8-5-2,19-9-6-3)22-14-12-13-21(20-22)25-26-23-15-10-11-16-24(23)27-25/h10-16,20H,4-9,17-19H2,1-3H3,(H,26,27)/q+1. The summed E-state index contributed by atoms with van der Waals surface area (Å²) in [5.41, 5.74) is 3.40. The summed E-state index contributed by atoms with van der Waals surface area (Å²) >= 11 is 0. The quantitative estimate of drug-likeness (QED) is 0.340. The van der Waals surface area contributed by atoms with Crippen LogP contribution in [0.2, 0.25) is 0 Å². The van der Waals surface area contributed by atoms with Crippen LogP contribution in [0, 0.1) is 0 Å². The fourth-order valence-corrected chi connectivity index (χ4v) is 9.17. The molecular weight excluding hydrogens is 359 g/mol. The third-order valence-corrected chi connectivity index (χ3v) is 10.8. The van der Waals surface area contributed by atoms with Crippen LogP contribution in [0.25, 0.3) is 22.4 Å². The molecule has 0 fully saturated rings. The SMILES string of the molecule is CCCC[P+](CCCC)(CCCC)c1cccc(-c2nc3ccccc3[nH]2)c1. The average molecular weight is 396 g/mol. The summed E-state index contributed by atoms with van der Waals surface area (Å²) in [4.78, 5) is 8.37. The highest BCUT2D eigenvalue weighted by molar-refractivity contribution is 7.82. The smallest absolute Gasteiger partial charge is 0.138 e. The molecule has 0 radical (unpaired) electrons.